The average Bonchev–Trinajstić information content (AvgIpc) is 2.67. The van der Waals surface area contributed by atoms with Crippen LogP contribution in [-0.4, -0.2) is 0 Å². The smallest absolute Gasteiger partial charge is 0.0464 e. The van der Waals surface area contributed by atoms with Gasteiger partial charge in [0.15, 0.2) is 0 Å². The van der Waals surface area contributed by atoms with E-state index in [4.69, 9.17) is 0 Å². The summed E-state index contributed by atoms with van der Waals surface area (Å²) < 4.78 is 0. The minimum atomic E-state index is 0.172. The predicted octanol–water partition coefficient (Wildman–Crippen LogP) is 7.63. The highest BCUT2D eigenvalue weighted by Crippen LogP contribution is 2.38. The van der Waals surface area contributed by atoms with Gasteiger partial charge >= 0.3 is 0 Å². The first-order valence-corrected chi connectivity index (χ1v) is 9.55. The third-order valence-electron chi connectivity index (χ3n) is 5.56. The summed E-state index contributed by atoms with van der Waals surface area (Å²) in [6.07, 6.45) is 0. The second kappa shape index (κ2) is 5.72. The molecule has 0 unspecified atom stereocenters. The van der Waals surface area contributed by atoms with Crippen molar-refractivity contribution in [1.82, 2.24) is 0 Å². The Bertz CT molecular complexity index is 1240. The summed E-state index contributed by atoms with van der Waals surface area (Å²) in [5.41, 5.74) is 3.80. The van der Waals surface area contributed by atoms with Crippen molar-refractivity contribution in [2.75, 3.05) is 5.32 Å². The van der Waals surface area contributed by atoms with Crippen molar-refractivity contribution in [3.63, 3.8) is 0 Å². The van der Waals surface area contributed by atoms with Crippen LogP contribution in [0.1, 0.15) is 26.3 Å². The highest BCUT2D eigenvalue weighted by Gasteiger charge is 2.14. The van der Waals surface area contributed by atoms with E-state index in [1.807, 2.05) is 0 Å². The van der Waals surface area contributed by atoms with Crippen LogP contribution in [0.4, 0.5) is 11.4 Å². The van der Waals surface area contributed by atoms with Crippen molar-refractivity contribution in [3.05, 3.63) is 84.4 Å². The van der Waals surface area contributed by atoms with Crippen LogP contribution in [-0.2, 0) is 5.41 Å². The van der Waals surface area contributed by atoms with Crippen molar-refractivity contribution >= 4 is 43.7 Å². The Morgan fingerprint density at radius 1 is 0.593 bits per heavy atom. The fourth-order valence-electron chi connectivity index (χ4n) is 4.05. The second-order valence-electron chi connectivity index (χ2n) is 8.42. The fraction of sp³-hybridized carbons (Fsp3) is 0.154. The summed E-state index contributed by atoms with van der Waals surface area (Å²) in [7, 11) is 0. The molecule has 0 aliphatic heterocycles. The molecule has 0 bridgehead atoms. The molecule has 0 saturated heterocycles. The van der Waals surface area contributed by atoms with Crippen LogP contribution in [0.3, 0.4) is 0 Å². The van der Waals surface area contributed by atoms with E-state index in [1.165, 1.54) is 37.9 Å². The van der Waals surface area contributed by atoms with E-state index < -0.39 is 0 Å². The third-order valence-corrected chi connectivity index (χ3v) is 5.56. The van der Waals surface area contributed by atoms with Crippen molar-refractivity contribution in [2.24, 2.45) is 0 Å². The highest BCUT2D eigenvalue weighted by molar-refractivity contribution is 6.25. The van der Waals surface area contributed by atoms with Crippen molar-refractivity contribution in [2.45, 2.75) is 26.2 Å². The van der Waals surface area contributed by atoms with Gasteiger partial charge in [0.05, 0.1) is 0 Å². The fourth-order valence-corrected chi connectivity index (χ4v) is 4.05. The van der Waals surface area contributed by atoms with E-state index in [0.717, 1.165) is 11.4 Å². The summed E-state index contributed by atoms with van der Waals surface area (Å²) >= 11 is 0. The van der Waals surface area contributed by atoms with Crippen molar-refractivity contribution in [3.8, 4) is 0 Å². The molecule has 0 radical (unpaired) electrons. The predicted molar refractivity (Wildman–Crippen MR) is 119 cm³/mol. The molecule has 5 aromatic rings. The van der Waals surface area contributed by atoms with E-state index in [0.29, 0.717) is 0 Å². The SMILES string of the molecule is CC(C)(C)c1ccc(Nc2ccc3ccc4cccc5ccc2c3c45)cc1. The molecule has 1 heteroatoms. The van der Waals surface area contributed by atoms with Gasteiger partial charge in [0.25, 0.3) is 0 Å². The first kappa shape index (κ1) is 16.1. The highest BCUT2D eigenvalue weighted by atomic mass is 14.9. The molecule has 0 aromatic heterocycles. The van der Waals surface area contributed by atoms with E-state index in [-0.39, 0.29) is 5.41 Å². The van der Waals surface area contributed by atoms with Crippen LogP contribution < -0.4 is 5.32 Å². The number of nitrogens with one attached hydrogen (secondary N) is 1. The zero-order valence-corrected chi connectivity index (χ0v) is 16.0. The average molecular weight is 349 g/mol. The van der Waals surface area contributed by atoms with Gasteiger partial charge in [0.1, 0.15) is 0 Å². The molecule has 0 amide bonds. The zero-order valence-electron chi connectivity index (χ0n) is 16.0. The first-order chi connectivity index (χ1) is 13.0. The van der Waals surface area contributed by atoms with Crippen LogP contribution in [0.5, 0.6) is 0 Å². The summed E-state index contributed by atoms with van der Waals surface area (Å²) in [6.45, 7) is 6.74. The second-order valence-corrected chi connectivity index (χ2v) is 8.42. The van der Waals surface area contributed by atoms with Gasteiger partial charge in [-0.25, -0.2) is 0 Å². The van der Waals surface area contributed by atoms with Gasteiger partial charge in [-0.3, -0.25) is 0 Å². The Labute approximate surface area is 160 Å². The lowest BCUT2D eigenvalue weighted by molar-refractivity contribution is 0.590. The lowest BCUT2D eigenvalue weighted by Crippen LogP contribution is -2.10. The minimum Gasteiger partial charge on any atom is -0.355 e. The standard InChI is InChI=1S/C26H23N/c1-26(2,3)20-11-13-21(14-12-20)27-23-16-10-19-8-7-17-5-4-6-18-9-15-22(23)25(19)24(17)18/h4-16,27H,1-3H3. The summed E-state index contributed by atoms with van der Waals surface area (Å²) in [6, 6.07) is 28.7. The molecular formula is C26H23N. The Morgan fingerprint density at radius 2 is 1.19 bits per heavy atom. The Balaban J connectivity index is 1.65. The molecule has 0 spiro atoms. The van der Waals surface area contributed by atoms with Crippen LogP contribution in [0, 0.1) is 0 Å². The normalized spacial score (nSPS) is 12.3. The van der Waals surface area contributed by atoms with Gasteiger partial charge in [-0.15, -0.1) is 0 Å². The van der Waals surface area contributed by atoms with Gasteiger partial charge in [-0.1, -0.05) is 81.4 Å². The molecule has 27 heavy (non-hydrogen) atoms. The van der Waals surface area contributed by atoms with Gasteiger partial charge < -0.3 is 5.32 Å². The molecule has 0 atom stereocenters. The topological polar surface area (TPSA) is 12.0 Å². The number of anilines is 2. The van der Waals surface area contributed by atoms with Crippen LogP contribution >= 0.6 is 0 Å². The summed E-state index contributed by atoms with van der Waals surface area (Å²) in [5.74, 6) is 0. The van der Waals surface area contributed by atoms with Gasteiger partial charge in [-0.05, 0) is 56.1 Å². The number of rotatable bonds is 2. The maximum atomic E-state index is 3.64. The Morgan fingerprint density at radius 3 is 1.85 bits per heavy atom. The quantitative estimate of drug-likeness (QED) is 0.323. The number of hydrogen-bond donors (Lipinski definition) is 1. The molecule has 1 nitrogen and oxygen atoms in total. The lowest BCUT2D eigenvalue weighted by atomic mass is 9.87. The third kappa shape index (κ3) is 2.62. The molecule has 1 N–H and O–H groups in total. The Kier molecular flexibility index (Phi) is 3.42. The van der Waals surface area contributed by atoms with E-state index in [1.54, 1.807) is 0 Å². The molecule has 0 fully saturated rings. The molecule has 5 rings (SSSR count). The first-order valence-electron chi connectivity index (χ1n) is 9.55. The molecule has 0 saturated carbocycles. The largest absolute Gasteiger partial charge is 0.355 e. The van der Waals surface area contributed by atoms with Crippen LogP contribution in [0.2, 0.25) is 0 Å². The molecular weight excluding hydrogens is 326 g/mol. The Hall–Kier alpha value is -3.06. The summed E-state index contributed by atoms with van der Waals surface area (Å²) in [4.78, 5) is 0. The molecule has 132 valence electrons. The van der Waals surface area contributed by atoms with Gasteiger partial charge in [0, 0.05) is 16.8 Å². The van der Waals surface area contributed by atoms with Crippen molar-refractivity contribution < 1.29 is 0 Å². The van der Waals surface area contributed by atoms with Crippen molar-refractivity contribution in [1.29, 1.82) is 0 Å². The molecule has 0 aliphatic carbocycles. The minimum absolute atomic E-state index is 0.172. The van der Waals surface area contributed by atoms with E-state index in [9.17, 15) is 0 Å². The molecule has 5 aromatic carbocycles. The van der Waals surface area contributed by atoms with Crippen LogP contribution in [0.15, 0.2) is 78.9 Å². The van der Waals surface area contributed by atoms with Crippen LogP contribution in [0.25, 0.3) is 32.3 Å². The van der Waals surface area contributed by atoms with E-state index in [2.05, 4.69) is 105 Å². The molecule has 0 aliphatic rings. The maximum absolute atomic E-state index is 3.64. The summed E-state index contributed by atoms with van der Waals surface area (Å²) in [5, 5.41) is 11.5. The van der Waals surface area contributed by atoms with Gasteiger partial charge in [-0.2, -0.15) is 0 Å². The monoisotopic (exact) mass is 349 g/mol. The van der Waals surface area contributed by atoms with Gasteiger partial charge in [0.2, 0.25) is 0 Å². The number of benzene rings is 5. The zero-order chi connectivity index (χ0) is 18.6. The van der Waals surface area contributed by atoms with E-state index >= 15 is 0 Å². The molecule has 0 heterocycles. The number of hydrogen-bond acceptors (Lipinski definition) is 1. The lowest BCUT2D eigenvalue weighted by Gasteiger charge is -2.20. The maximum Gasteiger partial charge on any atom is 0.0464 e.